The average molecular weight is 315 g/mol. The minimum absolute atomic E-state index is 0.602. The van der Waals surface area contributed by atoms with E-state index in [1.807, 2.05) is 13.1 Å². The van der Waals surface area contributed by atoms with Crippen molar-refractivity contribution in [3.8, 4) is 0 Å². The lowest BCUT2D eigenvalue weighted by molar-refractivity contribution is 0.369. The maximum Gasteiger partial charge on any atom is 0.225 e. The topological polar surface area (TPSA) is 87.4 Å². The third-order valence-electron chi connectivity index (χ3n) is 3.84. The summed E-state index contributed by atoms with van der Waals surface area (Å²) in [5, 5.41) is 7.41. The van der Waals surface area contributed by atoms with Crippen LogP contribution in [-0.2, 0) is 13.6 Å². The molecule has 0 aromatic carbocycles. The lowest BCUT2D eigenvalue weighted by Crippen LogP contribution is -2.52. The second-order valence-electron chi connectivity index (χ2n) is 5.22. The first-order valence-electron chi connectivity index (χ1n) is 7.58. The maximum absolute atomic E-state index is 4.36. The molecule has 0 saturated carbocycles. The zero-order valence-electron chi connectivity index (χ0n) is 13.4. The zero-order chi connectivity index (χ0) is 16.1. The van der Waals surface area contributed by atoms with Crippen LogP contribution in [0.3, 0.4) is 0 Å². The zero-order valence-corrected chi connectivity index (χ0v) is 13.4. The Morgan fingerprint density at radius 2 is 1.91 bits per heavy atom. The third kappa shape index (κ3) is 3.55. The molecule has 1 saturated heterocycles. The standard InChI is InChI=1S/C14H21N9/c1-15-13(18-10-12-19-11-20-21(12)2)22-6-8-23(9-7-22)14-16-4-3-5-17-14/h3-5,11H,6-10H2,1-2H3,(H,15,18). The Bertz CT molecular complexity index is 643. The second-order valence-corrected chi connectivity index (χ2v) is 5.22. The summed E-state index contributed by atoms with van der Waals surface area (Å²) in [6.07, 6.45) is 5.10. The molecule has 122 valence electrons. The molecule has 1 aliphatic heterocycles. The lowest BCUT2D eigenvalue weighted by Gasteiger charge is -2.36. The Morgan fingerprint density at radius 1 is 1.17 bits per heavy atom. The Hall–Kier alpha value is -2.71. The van der Waals surface area contributed by atoms with Crippen LogP contribution in [0.25, 0.3) is 0 Å². The summed E-state index contributed by atoms with van der Waals surface area (Å²) in [4.78, 5) is 21.6. The number of anilines is 1. The summed E-state index contributed by atoms with van der Waals surface area (Å²) in [5.74, 6) is 2.54. The maximum atomic E-state index is 4.36. The first-order valence-corrected chi connectivity index (χ1v) is 7.58. The molecule has 1 fully saturated rings. The molecule has 9 nitrogen and oxygen atoms in total. The molecule has 23 heavy (non-hydrogen) atoms. The number of piperazine rings is 1. The van der Waals surface area contributed by atoms with Crippen molar-refractivity contribution in [1.29, 1.82) is 0 Å². The molecule has 3 rings (SSSR count). The van der Waals surface area contributed by atoms with Gasteiger partial charge in [-0.1, -0.05) is 0 Å². The molecule has 2 aromatic heterocycles. The summed E-state index contributed by atoms with van der Waals surface area (Å²) in [5.41, 5.74) is 0. The lowest BCUT2D eigenvalue weighted by atomic mass is 10.3. The van der Waals surface area contributed by atoms with E-state index >= 15 is 0 Å². The van der Waals surface area contributed by atoms with E-state index in [1.165, 1.54) is 0 Å². The number of aliphatic imine (C=N–C) groups is 1. The van der Waals surface area contributed by atoms with Crippen LogP contribution in [0.1, 0.15) is 5.82 Å². The molecule has 0 unspecified atom stereocenters. The van der Waals surface area contributed by atoms with E-state index in [2.05, 4.69) is 40.2 Å². The monoisotopic (exact) mass is 315 g/mol. The Kier molecular flexibility index (Phi) is 4.65. The number of aryl methyl sites for hydroxylation is 1. The Labute approximate surface area is 135 Å². The number of aromatic nitrogens is 5. The molecule has 0 aliphatic carbocycles. The van der Waals surface area contributed by atoms with Gasteiger partial charge in [-0.3, -0.25) is 9.67 Å². The second kappa shape index (κ2) is 7.03. The van der Waals surface area contributed by atoms with E-state index < -0.39 is 0 Å². The van der Waals surface area contributed by atoms with Crippen LogP contribution in [0.4, 0.5) is 5.95 Å². The van der Waals surface area contributed by atoms with Crippen molar-refractivity contribution in [2.24, 2.45) is 12.0 Å². The van der Waals surface area contributed by atoms with Crippen molar-refractivity contribution < 1.29 is 0 Å². The van der Waals surface area contributed by atoms with Crippen molar-refractivity contribution >= 4 is 11.9 Å². The number of hydrogen-bond donors (Lipinski definition) is 1. The van der Waals surface area contributed by atoms with Gasteiger partial charge >= 0.3 is 0 Å². The van der Waals surface area contributed by atoms with E-state index in [9.17, 15) is 0 Å². The van der Waals surface area contributed by atoms with Gasteiger partial charge in [-0.05, 0) is 6.07 Å². The molecule has 1 aliphatic rings. The summed E-state index contributed by atoms with van der Waals surface area (Å²) >= 11 is 0. The Morgan fingerprint density at radius 3 is 2.52 bits per heavy atom. The van der Waals surface area contributed by atoms with E-state index in [1.54, 1.807) is 30.5 Å². The van der Waals surface area contributed by atoms with Crippen LogP contribution >= 0.6 is 0 Å². The van der Waals surface area contributed by atoms with Gasteiger partial charge in [-0.25, -0.2) is 15.0 Å². The highest BCUT2D eigenvalue weighted by Gasteiger charge is 2.21. The first kappa shape index (κ1) is 15.2. The molecule has 0 atom stereocenters. The van der Waals surface area contributed by atoms with Gasteiger partial charge in [0.2, 0.25) is 5.95 Å². The van der Waals surface area contributed by atoms with Gasteiger partial charge in [0.05, 0.1) is 6.54 Å². The van der Waals surface area contributed by atoms with Crippen molar-refractivity contribution in [1.82, 2.24) is 34.9 Å². The summed E-state index contributed by atoms with van der Waals surface area (Å²) < 4.78 is 1.75. The van der Waals surface area contributed by atoms with Gasteiger partial charge in [0.15, 0.2) is 5.96 Å². The summed E-state index contributed by atoms with van der Waals surface area (Å²) in [6.45, 7) is 4.09. The largest absolute Gasteiger partial charge is 0.349 e. The minimum Gasteiger partial charge on any atom is -0.349 e. The number of nitrogens with zero attached hydrogens (tertiary/aromatic N) is 8. The molecule has 2 aromatic rings. The number of rotatable bonds is 3. The number of hydrogen-bond acceptors (Lipinski definition) is 6. The van der Waals surface area contributed by atoms with Crippen molar-refractivity contribution in [2.75, 3.05) is 38.1 Å². The molecule has 0 radical (unpaired) electrons. The highest BCUT2D eigenvalue weighted by Crippen LogP contribution is 2.09. The van der Waals surface area contributed by atoms with Crippen molar-refractivity contribution in [2.45, 2.75) is 6.54 Å². The first-order chi connectivity index (χ1) is 11.3. The predicted molar refractivity (Wildman–Crippen MR) is 87.0 cm³/mol. The summed E-state index contributed by atoms with van der Waals surface area (Å²) in [6, 6.07) is 1.83. The molecule has 9 heteroatoms. The fourth-order valence-corrected chi connectivity index (χ4v) is 2.54. The van der Waals surface area contributed by atoms with Crippen LogP contribution in [0.2, 0.25) is 0 Å². The third-order valence-corrected chi connectivity index (χ3v) is 3.84. The minimum atomic E-state index is 0.602. The SMILES string of the molecule is CN=C(NCc1ncnn1C)N1CCN(c2ncccn2)CC1. The molecule has 0 amide bonds. The fraction of sp³-hybridized carbons (Fsp3) is 0.500. The van der Waals surface area contributed by atoms with Gasteiger partial charge in [0.25, 0.3) is 0 Å². The van der Waals surface area contributed by atoms with Crippen LogP contribution in [0.15, 0.2) is 29.8 Å². The average Bonchev–Trinajstić information content (AvgIpc) is 3.02. The fourth-order valence-electron chi connectivity index (χ4n) is 2.54. The normalized spacial score (nSPS) is 15.8. The van der Waals surface area contributed by atoms with Gasteiger partial charge < -0.3 is 15.1 Å². The van der Waals surface area contributed by atoms with Gasteiger partial charge in [0.1, 0.15) is 12.2 Å². The highest BCUT2D eigenvalue weighted by atomic mass is 15.4. The molecule has 1 N–H and O–H groups in total. The Balaban J connectivity index is 1.54. The smallest absolute Gasteiger partial charge is 0.225 e. The van der Waals surface area contributed by atoms with Crippen LogP contribution in [-0.4, -0.2) is 68.8 Å². The van der Waals surface area contributed by atoms with Crippen LogP contribution in [0, 0.1) is 0 Å². The quantitative estimate of drug-likeness (QED) is 0.603. The van der Waals surface area contributed by atoms with Crippen molar-refractivity contribution in [3.05, 3.63) is 30.6 Å². The van der Waals surface area contributed by atoms with Crippen LogP contribution < -0.4 is 10.2 Å². The number of nitrogens with one attached hydrogen (secondary N) is 1. The predicted octanol–water partition coefficient (Wildman–Crippen LogP) is -0.497. The van der Waals surface area contributed by atoms with Gasteiger partial charge in [-0.15, -0.1) is 0 Å². The molecule has 0 bridgehead atoms. The van der Waals surface area contributed by atoms with E-state index in [0.29, 0.717) is 6.54 Å². The molecule has 0 spiro atoms. The summed E-state index contributed by atoms with van der Waals surface area (Å²) in [7, 11) is 3.68. The number of guanidine groups is 1. The van der Waals surface area contributed by atoms with Gasteiger partial charge in [0, 0.05) is 52.7 Å². The van der Waals surface area contributed by atoms with Gasteiger partial charge in [-0.2, -0.15) is 5.10 Å². The highest BCUT2D eigenvalue weighted by molar-refractivity contribution is 5.80. The molecular weight excluding hydrogens is 294 g/mol. The van der Waals surface area contributed by atoms with Crippen LogP contribution in [0.5, 0.6) is 0 Å². The van der Waals surface area contributed by atoms with E-state index in [-0.39, 0.29) is 0 Å². The van der Waals surface area contributed by atoms with E-state index in [0.717, 1.165) is 43.9 Å². The molecular formula is C14H21N9. The van der Waals surface area contributed by atoms with E-state index in [4.69, 9.17) is 0 Å². The van der Waals surface area contributed by atoms with Crippen molar-refractivity contribution in [3.63, 3.8) is 0 Å². The molecule has 3 heterocycles.